The molecule has 3 aromatic rings. The summed E-state index contributed by atoms with van der Waals surface area (Å²) in [5.74, 6) is -1.78. The summed E-state index contributed by atoms with van der Waals surface area (Å²) in [5, 5.41) is 5.92. The second kappa shape index (κ2) is 7.16. The third-order valence-electron chi connectivity index (χ3n) is 4.72. The van der Waals surface area contributed by atoms with E-state index in [-0.39, 0.29) is 18.2 Å². The molecule has 1 aliphatic heterocycles. The summed E-state index contributed by atoms with van der Waals surface area (Å²) < 4.78 is 13.5. The smallest absolute Gasteiger partial charge is 0.234 e. The van der Waals surface area contributed by atoms with Crippen LogP contribution >= 0.6 is 11.3 Å². The highest BCUT2D eigenvalue weighted by Gasteiger charge is 2.31. The summed E-state index contributed by atoms with van der Waals surface area (Å²) >= 11 is 1.39. The molecule has 1 unspecified atom stereocenters. The fourth-order valence-corrected chi connectivity index (χ4v) is 4.13. The van der Waals surface area contributed by atoms with E-state index >= 15 is 0 Å². The van der Waals surface area contributed by atoms with Crippen LogP contribution in [0.3, 0.4) is 0 Å². The summed E-state index contributed by atoms with van der Waals surface area (Å²) in [6, 6.07) is 12.1. The zero-order valence-corrected chi connectivity index (χ0v) is 16.2. The Kier molecular flexibility index (Phi) is 4.68. The van der Waals surface area contributed by atoms with Crippen LogP contribution in [0.5, 0.6) is 0 Å². The van der Waals surface area contributed by atoms with E-state index in [1.807, 2.05) is 38.1 Å². The minimum Gasteiger partial charge on any atom is -0.326 e. The molecule has 2 heterocycles. The molecule has 2 aromatic carbocycles. The van der Waals surface area contributed by atoms with Crippen molar-refractivity contribution in [3.05, 3.63) is 64.3 Å². The molecule has 5 nitrogen and oxygen atoms in total. The number of thiazole rings is 1. The molecule has 0 saturated carbocycles. The maximum atomic E-state index is 13.5. The number of aromatic nitrogens is 1. The van der Waals surface area contributed by atoms with Gasteiger partial charge in [0.2, 0.25) is 11.8 Å². The van der Waals surface area contributed by atoms with Gasteiger partial charge in [-0.25, -0.2) is 9.37 Å². The first kappa shape index (κ1) is 18.3. The number of amides is 2. The van der Waals surface area contributed by atoms with E-state index in [2.05, 4.69) is 15.6 Å². The van der Waals surface area contributed by atoms with Gasteiger partial charge >= 0.3 is 0 Å². The maximum Gasteiger partial charge on any atom is 0.234 e. The summed E-state index contributed by atoms with van der Waals surface area (Å²) in [6.07, 6.45) is 0.0135. The Morgan fingerprint density at radius 3 is 2.71 bits per heavy atom. The van der Waals surface area contributed by atoms with E-state index in [1.54, 1.807) is 6.07 Å². The van der Waals surface area contributed by atoms with Crippen molar-refractivity contribution >= 4 is 34.0 Å². The zero-order chi connectivity index (χ0) is 19.8. The number of carbonyl (C=O) groups excluding carboxylic acids is 2. The Morgan fingerprint density at radius 2 is 1.96 bits per heavy atom. The van der Waals surface area contributed by atoms with Crippen molar-refractivity contribution in [1.82, 2.24) is 4.98 Å². The highest BCUT2D eigenvalue weighted by atomic mass is 32.1. The fraction of sp³-hybridized carbons (Fsp3) is 0.190. The van der Waals surface area contributed by atoms with Crippen molar-refractivity contribution < 1.29 is 14.0 Å². The van der Waals surface area contributed by atoms with E-state index < -0.39 is 11.7 Å². The van der Waals surface area contributed by atoms with Crippen LogP contribution in [0.1, 0.15) is 28.3 Å². The molecule has 142 valence electrons. The summed E-state index contributed by atoms with van der Waals surface area (Å²) in [5.41, 5.74) is 3.91. The largest absolute Gasteiger partial charge is 0.326 e. The lowest BCUT2D eigenvalue weighted by molar-refractivity contribution is -0.123. The third kappa shape index (κ3) is 3.53. The molecule has 1 aliphatic rings. The van der Waals surface area contributed by atoms with Gasteiger partial charge in [-0.3, -0.25) is 9.59 Å². The lowest BCUT2D eigenvalue weighted by Gasteiger charge is -2.24. The zero-order valence-electron chi connectivity index (χ0n) is 15.4. The number of hydrogen-bond acceptors (Lipinski definition) is 4. The number of benzene rings is 2. The third-order valence-corrected chi connectivity index (χ3v) is 5.61. The number of nitrogens with one attached hydrogen (secondary N) is 2. The molecule has 4 rings (SSSR count). The van der Waals surface area contributed by atoms with Gasteiger partial charge in [0.25, 0.3) is 0 Å². The van der Waals surface area contributed by atoms with Crippen molar-refractivity contribution in [3.63, 3.8) is 0 Å². The number of fused-ring (bicyclic) bond motifs is 1. The topological polar surface area (TPSA) is 71.1 Å². The van der Waals surface area contributed by atoms with Gasteiger partial charge in [0, 0.05) is 22.5 Å². The van der Waals surface area contributed by atoms with Gasteiger partial charge < -0.3 is 10.6 Å². The number of nitrogens with zero attached hydrogens (tertiary/aromatic N) is 1. The average molecular weight is 395 g/mol. The Balaban J connectivity index is 1.59. The van der Waals surface area contributed by atoms with Gasteiger partial charge in [-0.2, -0.15) is 0 Å². The number of hydrogen-bond donors (Lipinski definition) is 2. The SMILES string of the molecule is Cc1ccc(-c2nc(NC(=O)C3CC(=O)Nc4cc(F)ccc43)sc2C)cc1. The van der Waals surface area contributed by atoms with Crippen LogP contribution in [0.15, 0.2) is 42.5 Å². The van der Waals surface area contributed by atoms with Gasteiger partial charge in [-0.05, 0) is 31.5 Å². The fourth-order valence-electron chi connectivity index (χ4n) is 3.29. The average Bonchev–Trinajstić information content (AvgIpc) is 3.01. The Hall–Kier alpha value is -3.06. The van der Waals surface area contributed by atoms with Crippen LogP contribution in [-0.2, 0) is 9.59 Å². The van der Waals surface area contributed by atoms with Crippen molar-refractivity contribution in [3.8, 4) is 11.3 Å². The first-order valence-corrected chi connectivity index (χ1v) is 9.67. The Bertz CT molecular complexity index is 1080. The number of anilines is 2. The maximum absolute atomic E-state index is 13.5. The van der Waals surface area contributed by atoms with Gasteiger partial charge in [-0.15, -0.1) is 11.3 Å². The van der Waals surface area contributed by atoms with Crippen LogP contribution in [0, 0.1) is 19.7 Å². The lowest BCUT2D eigenvalue weighted by Crippen LogP contribution is -2.30. The van der Waals surface area contributed by atoms with Crippen molar-refractivity contribution in [1.29, 1.82) is 0 Å². The van der Waals surface area contributed by atoms with Crippen molar-refractivity contribution in [2.45, 2.75) is 26.2 Å². The molecule has 1 aromatic heterocycles. The Labute approximate surface area is 165 Å². The van der Waals surface area contributed by atoms with Crippen LogP contribution < -0.4 is 10.6 Å². The highest BCUT2D eigenvalue weighted by molar-refractivity contribution is 7.16. The molecule has 0 spiro atoms. The summed E-state index contributed by atoms with van der Waals surface area (Å²) in [7, 11) is 0. The number of carbonyl (C=O) groups is 2. The monoisotopic (exact) mass is 395 g/mol. The standard InChI is InChI=1S/C21H18FN3O2S/c1-11-3-5-13(6-4-11)19-12(2)28-21(24-19)25-20(27)16-10-18(26)23-17-9-14(22)7-8-15(16)17/h3-9,16H,10H2,1-2H3,(H,23,26)(H,24,25,27). The van der Waals surface area contributed by atoms with Crippen LogP contribution in [0.25, 0.3) is 11.3 Å². The van der Waals surface area contributed by atoms with Gasteiger partial charge in [0.1, 0.15) is 5.82 Å². The minimum atomic E-state index is -0.684. The molecule has 0 bridgehead atoms. The lowest BCUT2D eigenvalue weighted by atomic mass is 9.90. The molecule has 7 heteroatoms. The van der Waals surface area contributed by atoms with E-state index in [0.717, 1.165) is 21.7 Å². The van der Waals surface area contributed by atoms with Gasteiger partial charge in [-0.1, -0.05) is 35.9 Å². The number of aryl methyl sites for hydroxylation is 2. The second-order valence-corrected chi connectivity index (χ2v) is 8.02. The second-order valence-electron chi connectivity index (χ2n) is 6.82. The molecule has 0 aliphatic carbocycles. The number of halogens is 1. The summed E-state index contributed by atoms with van der Waals surface area (Å²) in [6.45, 7) is 3.97. The minimum absolute atomic E-state index is 0.0135. The Morgan fingerprint density at radius 1 is 1.21 bits per heavy atom. The van der Waals surface area contributed by atoms with E-state index in [1.165, 1.54) is 23.5 Å². The molecular formula is C21H18FN3O2S. The molecule has 2 N–H and O–H groups in total. The van der Waals surface area contributed by atoms with Gasteiger partial charge in [0.15, 0.2) is 5.13 Å². The molecule has 1 atom stereocenters. The van der Waals surface area contributed by atoms with Crippen molar-refractivity contribution in [2.75, 3.05) is 10.6 Å². The first-order chi connectivity index (χ1) is 13.4. The molecule has 0 fully saturated rings. The predicted molar refractivity (Wildman–Crippen MR) is 108 cm³/mol. The van der Waals surface area contributed by atoms with E-state index in [0.29, 0.717) is 16.4 Å². The predicted octanol–water partition coefficient (Wildman–Crippen LogP) is 4.63. The van der Waals surface area contributed by atoms with Crippen LogP contribution in [0.4, 0.5) is 15.2 Å². The highest BCUT2D eigenvalue weighted by Crippen LogP contribution is 2.35. The first-order valence-electron chi connectivity index (χ1n) is 8.85. The van der Waals surface area contributed by atoms with Crippen LogP contribution in [-0.4, -0.2) is 16.8 Å². The quantitative estimate of drug-likeness (QED) is 0.679. The normalized spacial score (nSPS) is 15.7. The molecule has 0 radical (unpaired) electrons. The van der Waals surface area contributed by atoms with Gasteiger partial charge in [0.05, 0.1) is 11.6 Å². The molecule has 0 saturated heterocycles. The summed E-state index contributed by atoms with van der Waals surface area (Å²) in [4.78, 5) is 30.3. The van der Waals surface area contributed by atoms with E-state index in [4.69, 9.17) is 0 Å². The molecule has 2 amide bonds. The molecular weight excluding hydrogens is 377 g/mol. The van der Waals surface area contributed by atoms with E-state index in [9.17, 15) is 14.0 Å². The van der Waals surface area contributed by atoms with Crippen LogP contribution in [0.2, 0.25) is 0 Å². The van der Waals surface area contributed by atoms with Crippen molar-refractivity contribution in [2.24, 2.45) is 0 Å². The number of rotatable bonds is 3. The molecule has 28 heavy (non-hydrogen) atoms.